The second kappa shape index (κ2) is 9.09. The van der Waals surface area contributed by atoms with Gasteiger partial charge in [0.1, 0.15) is 12.2 Å². The molecular formula is C27H29F3N6O2. The first-order chi connectivity index (χ1) is 18.1. The number of aromatic nitrogens is 5. The fourth-order valence-electron chi connectivity index (χ4n) is 5.77. The van der Waals surface area contributed by atoms with Crippen LogP contribution in [0.15, 0.2) is 53.8 Å². The maximum Gasteiger partial charge on any atom is 0.418 e. The molecule has 8 nitrogen and oxygen atoms in total. The summed E-state index contributed by atoms with van der Waals surface area (Å²) >= 11 is 0. The lowest BCUT2D eigenvalue weighted by Gasteiger charge is -2.41. The molecule has 0 radical (unpaired) electrons. The van der Waals surface area contributed by atoms with Gasteiger partial charge >= 0.3 is 11.9 Å². The number of imidazole rings is 1. The number of nitrogens with zero attached hydrogens (tertiary/aromatic N) is 5. The molecule has 4 aromatic rings. The Labute approximate surface area is 216 Å². The fraction of sp³-hybridized carbons (Fsp3) is 0.444. The van der Waals surface area contributed by atoms with Crippen LogP contribution in [0.1, 0.15) is 54.1 Å². The first-order valence-corrected chi connectivity index (χ1v) is 12.8. The molecule has 11 heteroatoms. The Kier molecular flexibility index (Phi) is 5.95. The van der Waals surface area contributed by atoms with E-state index in [2.05, 4.69) is 10.2 Å². The number of hydrogen-bond acceptors (Lipinski definition) is 5. The number of ether oxygens (including phenoxy) is 1. The molecule has 0 spiro atoms. The van der Waals surface area contributed by atoms with Crippen LogP contribution in [0.4, 0.5) is 13.2 Å². The van der Waals surface area contributed by atoms with E-state index in [9.17, 15) is 18.0 Å². The predicted octanol–water partition coefficient (Wildman–Crippen LogP) is 3.73. The molecule has 1 aromatic carbocycles. The molecule has 1 aliphatic carbocycles. The summed E-state index contributed by atoms with van der Waals surface area (Å²) in [5, 5.41) is 8.16. The lowest BCUT2D eigenvalue weighted by Crippen LogP contribution is -2.49. The van der Waals surface area contributed by atoms with Gasteiger partial charge in [0.05, 0.1) is 30.0 Å². The van der Waals surface area contributed by atoms with E-state index in [-0.39, 0.29) is 22.9 Å². The Morgan fingerprint density at radius 2 is 1.89 bits per heavy atom. The molecule has 2 fully saturated rings. The number of aryl methyl sites for hydroxylation is 1. The van der Waals surface area contributed by atoms with Crippen molar-refractivity contribution in [2.24, 2.45) is 12.8 Å². The summed E-state index contributed by atoms with van der Waals surface area (Å²) in [7, 11) is 1.87. The second-order valence-corrected chi connectivity index (χ2v) is 10.7. The van der Waals surface area contributed by atoms with Gasteiger partial charge in [-0.25, -0.2) is 4.79 Å². The molecule has 0 unspecified atom stereocenters. The number of fused-ring (bicyclic) bond motifs is 1. The molecule has 1 saturated carbocycles. The van der Waals surface area contributed by atoms with Crippen LogP contribution in [0, 0.1) is 0 Å². The maximum absolute atomic E-state index is 14.2. The standard InChI is InChI=1S/C27H29F3N6O2/c1-34-16-32-33-24(34)11-26(14-38-15-26)19-3-2-4-21(10-19)35-13-23-22(27(28,29)30)9-18(12-36(23)25(35)37)17-5-7-20(31)8-6-17/h2-4,9-10,12-13,16-17,20H,5-8,11,14-15,31H2,1H3. The van der Waals surface area contributed by atoms with Crippen molar-refractivity contribution >= 4 is 5.52 Å². The molecule has 0 bridgehead atoms. The van der Waals surface area contributed by atoms with Crippen LogP contribution in [-0.2, 0) is 29.8 Å². The summed E-state index contributed by atoms with van der Waals surface area (Å²) in [5.41, 5.74) is 6.10. The number of rotatable bonds is 5. The molecule has 0 amide bonds. The molecule has 2 aliphatic rings. The molecule has 3 aromatic heterocycles. The molecule has 6 rings (SSSR count). The number of pyridine rings is 1. The Morgan fingerprint density at radius 1 is 1.13 bits per heavy atom. The van der Waals surface area contributed by atoms with E-state index in [1.807, 2.05) is 29.8 Å². The third kappa shape index (κ3) is 4.23. The van der Waals surface area contributed by atoms with Crippen molar-refractivity contribution in [3.63, 3.8) is 0 Å². The largest absolute Gasteiger partial charge is 0.418 e. The minimum atomic E-state index is -4.60. The minimum Gasteiger partial charge on any atom is -0.379 e. The number of nitrogens with two attached hydrogens (primary N) is 1. The molecule has 0 atom stereocenters. The van der Waals surface area contributed by atoms with E-state index in [4.69, 9.17) is 10.5 Å². The summed E-state index contributed by atoms with van der Waals surface area (Å²) in [6.45, 7) is 0.950. The van der Waals surface area contributed by atoms with Crippen molar-refractivity contribution < 1.29 is 17.9 Å². The number of alkyl halides is 3. The van der Waals surface area contributed by atoms with Crippen LogP contribution in [-0.4, -0.2) is 43.0 Å². The molecule has 2 N–H and O–H groups in total. The lowest BCUT2D eigenvalue weighted by molar-refractivity contribution is -0.136. The lowest BCUT2D eigenvalue weighted by atomic mass is 9.75. The first kappa shape index (κ1) is 24.9. The normalized spacial score (nSPS) is 21.5. The van der Waals surface area contributed by atoms with Crippen molar-refractivity contribution in [1.82, 2.24) is 23.7 Å². The van der Waals surface area contributed by atoms with Gasteiger partial charge in [-0.1, -0.05) is 12.1 Å². The highest BCUT2D eigenvalue weighted by Crippen LogP contribution is 2.39. The Morgan fingerprint density at radius 3 is 2.53 bits per heavy atom. The average molecular weight is 527 g/mol. The predicted molar refractivity (Wildman–Crippen MR) is 134 cm³/mol. The van der Waals surface area contributed by atoms with Gasteiger partial charge < -0.3 is 15.0 Å². The van der Waals surface area contributed by atoms with Crippen molar-refractivity contribution in [2.45, 2.75) is 55.7 Å². The van der Waals surface area contributed by atoms with Gasteiger partial charge in [0.25, 0.3) is 0 Å². The molecule has 4 heterocycles. The van der Waals surface area contributed by atoms with Gasteiger partial charge in [-0.2, -0.15) is 13.2 Å². The maximum atomic E-state index is 14.2. The van der Waals surface area contributed by atoms with Crippen molar-refractivity contribution in [1.29, 1.82) is 0 Å². The van der Waals surface area contributed by atoms with Gasteiger partial charge in [-0.15, -0.1) is 10.2 Å². The number of benzene rings is 1. The first-order valence-electron chi connectivity index (χ1n) is 12.8. The van der Waals surface area contributed by atoms with Crippen LogP contribution >= 0.6 is 0 Å². The zero-order valence-electron chi connectivity index (χ0n) is 21.0. The van der Waals surface area contributed by atoms with Gasteiger partial charge in [0.2, 0.25) is 0 Å². The van der Waals surface area contributed by atoms with Gasteiger partial charge in [0.15, 0.2) is 0 Å². The molecule has 1 saturated heterocycles. The molecule has 1 aliphatic heterocycles. The fourth-order valence-corrected chi connectivity index (χ4v) is 5.77. The number of hydrogen-bond donors (Lipinski definition) is 1. The molecule has 200 valence electrons. The monoisotopic (exact) mass is 526 g/mol. The average Bonchev–Trinajstić information content (AvgIpc) is 3.43. The van der Waals surface area contributed by atoms with Crippen molar-refractivity contribution in [2.75, 3.05) is 13.2 Å². The Balaban J connectivity index is 1.43. The smallest absolute Gasteiger partial charge is 0.379 e. The van der Waals surface area contributed by atoms with Crippen molar-refractivity contribution in [3.05, 3.63) is 82.1 Å². The van der Waals surface area contributed by atoms with E-state index in [1.54, 1.807) is 18.6 Å². The summed E-state index contributed by atoms with van der Waals surface area (Å²) in [5.74, 6) is 0.745. The highest BCUT2D eigenvalue weighted by molar-refractivity contribution is 5.58. The van der Waals surface area contributed by atoms with E-state index >= 15 is 0 Å². The summed E-state index contributed by atoms with van der Waals surface area (Å²) in [4.78, 5) is 13.5. The van der Waals surface area contributed by atoms with Crippen LogP contribution in [0.3, 0.4) is 0 Å². The van der Waals surface area contributed by atoms with E-state index in [1.165, 1.54) is 16.8 Å². The zero-order valence-corrected chi connectivity index (χ0v) is 21.0. The summed E-state index contributed by atoms with van der Waals surface area (Å²) in [6, 6.07) is 8.64. The summed E-state index contributed by atoms with van der Waals surface area (Å²) < 4.78 is 52.4. The van der Waals surface area contributed by atoms with Crippen LogP contribution in [0.5, 0.6) is 0 Å². The highest BCUT2D eigenvalue weighted by atomic mass is 19.4. The van der Waals surface area contributed by atoms with Crippen LogP contribution in [0.25, 0.3) is 11.2 Å². The van der Waals surface area contributed by atoms with E-state index in [0.717, 1.165) is 28.6 Å². The van der Waals surface area contributed by atoms with Crippen molar-refractivity contribution in [3.8, 4) is 5.69 Å². The Hall–Kier alpha value is -3.44. The Bertz CT molecular complexity index is 1540. The third-order valence-corrected chi connectivity index (χ3v) is 8.13. The van der Waals surface area contributed by atoms with E-state index < -0.39 is 17.4 Å². The zero-order chi connectivity index (χ0) is 26.7. The van der Waals surface area contributed by atoms with Crippen LogP contribution < -0.4 is 11.4 Å². The third-order valence-electron chi connectivity index (χ3n) is 8.13. The molecular weight excluding hydrogens is 497 g/mol. The molecule has 38 heavy (non-hydrogen) atoms. The van der Waals surface area contributed by atoms with Gasteiger partial charge in [-0.3, -0.25) is 8.97 Å². The highest BCUT2D eigenvalue weighted by Gasteiger charge is 2.42. The minimum absolute atomic E-state index is 0.0574. The summed E-state index contributed by atoms with van der Waals surface area (Å²) in [6.07, 6.45) is 3.41. The topological polar surface area (TPSA) is 92.4 Å². The van der Waals surface area contributed by atoms with Gasteiger partial charge in [-0.05, 0) is 60.9 Å². The number of halogens is 3. The quantitative estimate of drug-likeness (QED) is 0.428. The SMILES string of the molecule is Cn1cnnc1CC1(c2cccc(-n3cc4c(C(F)(F)F)cc(C5CCC(N)CC5)cn4c3=O)c2)COC1. The van der Waals surface area contributed by atoms with E-state index in [0.29, 0.717) is 43.7 Å². The van der Waals surface area contributed by atoms with Gasteiger partial charge in [0, 0.05) is 37.3 Å². The second-order valence-electron chi connectivity index (χ2n) is 10.7. The van der Waals surface area contributed by atoms with Crippen LogP contribution in [0.2, 0.25) is 0 Å².